The first-order chi connectivity index (χ1) is 5.55. The molecule has 12 heavy (non-hydrogen) atoms. The molecule has 3 aliphatic rings. The first-order valence-electron chi connectivity index (χ1n) is 3.76. The summed E-state index contributed by atoms with van der Waals surface area (Å²) in [6, 6.07) is 0. The highest BCUT2D eigenvalue weighted by Crippen LogP contribution is 2.73. The SMILES string of the molecule is N/C(=N\O)C12CC(C(=O)O)(C1)C2. The Morgan fingerprint density at radius 2 is 1.83 bits per heavy atom. The second-order valence-corrected chi connectivity index (χ2v) is 3.88. The van der Waals surface area contributed by atoms with Crippen molar-refractivity contribution in [3.63, 3.8) is 0 Å². The van der Waals surface area contributed by atoms with Crippen LogP contribution >= 0.6 is 0 Å². The fourth-order valence-electron chi connectivity index (χ4n) is 2.39. The van der Waals surface area contributed by atoms with Gasteiger partial charge in [0.15, 0.2) is 0 Å². The van der Waals surface area contributed by atoms with Crippen LogP contribution in [0, 0.1) is 10.8 Å². The fourth-order valence-corrected chi connectivity index (χ4v) is 2.39. The number of carbonyl (C=O) groups is 1. The van der Waals surface area contributed by atoms with Crippen molar-refractivity contribution in [2.75, 3.05) is 0 Å². The van der Waals surface area contributed by atoms with E-state index in [9.17, 15) is 4.79 Å². The molecule has 3 aliphatic carbocycles. The lowest BCUT2D eigenvalue weighted by Crippen LogP contribution is -2.70. The number of carboxylic acids is 1. The van der Waals surface area contributed by atoms with Crippen molar-refractivity contribution in [1.82, 2.24) is 0 Å². The van der Waals surface area contributed by atoms with Crippen molar-refractivity contribution in [2.24, 2.45) is 21.7 Å². The number of oxime groups is 1. The first kappa shape index (κ1) is 7.39. The number of rotatable bonds is 2. The van der Waals surface area contributed by atoms with Crippen molar-refractivity contribution in [1.29, 1.82) is 0 Å². The predicted octanol–water partition coefficient (Wildman–Crippen LogP) is -0.0123. The standard InChI is InChI=1S/C7H10N2O3/c8-4(9-12)6-1-7(2-6,3-6)5(10)11/h12H,1-3H2,(H2,8,9)(H,10,11). The Labute approximate surface area is 68.9 Å². The molecule has 0 unspecified atom stereocenters. The van der Waals surface area contributed by atoms with E-state index in [2.05, 4.69) is 5.16 Å². The Morgan fingerprint density at radius 3 is 2.17 bits per heavy atom. The van der Waals surface area contributed by atoms with E-state index in [1.54, 1.807) is 0 Å². The zero-order chi connectivity index (χ0) is 8.98. The zero-order valence-electron chi connectivity index (χ0n) is 6.45. The normalized spacial score (nSPS) is 44.5. The molecule has 0 aromatic rings. The van der Waals surface area contributed by atoms with Gasteiger partial charge in [-0.15, -0.1) is 0 Å². The summed E-state index contributed by atoms with van der Waals surface area (Å²) in [5.74, 6) is -0.569. The number of hydrogen-bond donors (Lipinski definition) is 3. The van der Waals surface area contributed by atoms with E-state index in [0.717, 1.165) is 0 Å². The Bertz CT molecular complexity index is 265. The Morgan fingerprint density at radius 1 is 1.33 bits per heavy atom. The maximum atomic E-state index is 10.7. The van der Waals surface area contributed by atoms with E-state index in [4.69, 9.17) is 16.0 Å². The van der Waals surface area contributed by atoms with Gasteiger partial charge in [-0.05, 0) is 19.3 Å². The number of nitrogens with zero attached hydrogens (tertiary/aromatic N) is 1. The number of hydrogen-bond acceptors (Lipinski definition) is 3. The van der Waals surface area contributed by atoms with Crippen LogP contribution in [0.25, 0.3) is 0 Å². The second-order valence-electron chi connectivity index (χ2n) is 3.88. The van der Waals surface area contributed by atoms with Gasteiger partial charge in [-0.3, -0.25) is 4.79 Å². The third-order valence-electron chi connectivity index (χ3n) is 3.14. The van der Waals surface area contributed by atoms with E-state index in [1.807, 2.05) is 0 Å². The maximum Gasteiger partial charge on any atom is 0.309 e. The minimum absolute atomic E-state index is 0.186. The molecule has 0 amide bonds. The van der Waals surface area contributed by atoms with Gasteiger partial charge in [0.1, 0.15) is 5.84 Å². The average molecular weight is 170 g/mol. The quantitative estimate of drug-likeness (QED) is 0.235. The topological polar surface area (TPSA) is 95.9 Å². The number of nitrogens with two attached hydrogens (primary N) is 1. The largest absolute Gasteiger partial charge is 0.481 e. The smallest absolute Gasteiger partial charge is 0.309 e. The van der Waals surface area contributed by atoms with Crippen molar-refractivity contribution in [2.45, 2.75) is 19.3 Å². The summed E-state index contributed by atoms with van der Waals surface area (Å²) in [5.41, 5.74) is 4.59. The molecule has 0 aromatic heterocycles. The maximum absolute atomic E-state index is 10.7. The van der Waals surface area contributed by atoms with Crippen molar-refractivity contribution in [3.8, 4) is 0 Å². The second kappa shape index (κ2) is 1.73. The molecule has 66 valence electrons. The van der Waals surface area contributed by atoms with E-state index in [0.29, 0.717) is 19.3 Å². The molecule has 0 radical (unpaired) electrons. The van der Waals surface area contributed by atoms with Gasteiger partial charge < -0.3 is 16.0 Å². The van der Waals surface area contributed by atoms with Gasteiger partial charge in [-0.2, -0.15) is 0 Å². The van der Waals surface area contributed by atoms with Crippen LogP contribution in [0.15, 0.2) is 5.16 Å². The van der Waals surface area contributed by atoms with Crippen LogP contribution < -0.4 is 5.73 Å². The van der Waals surface area contributed by atoms with Crippen LogP contribution in [0.1, 0.15) is 19.3 Å². The Hall–Kier alpha value is -1.26. The molecule has 0 heterocycles. The number of amidine groups is 1. The van der Waals surface area contributed by atoms with Gasteiger partial charge in [-0.1, -0.05) is 5.16 Å². The summed E-state index contributed by atoms with van der Waals surface area (Å²) in [6.45, 7) is 0. The first-order valence-corrected chi connectivity index (χ1v) is 3.76. The molecule has 5 nitrogen and oxygen atoms in total. The molecule has 0 aliphatic heterocycles. The minimum atomic E-state index is -0.755. The molecule has 0 spiro atoms. The third-order valence-corrected chi connectivity index (χ3v) is 3.14. The summed E-state index contributed by atoms with van der Waals surface area (Å²) in [4.78, 5) is 10.7. The van der Waals surface area contributed by atoms with Gasteiger partial charge in [-0.25, -0.2) is 0 Å². The van der Waals surface area contributed by atoms with Crippen LogP contribution in [0.2, 0.25) is 0 Å². The molecule has 3 fully saturated rings. The molecular formula is C7H10N2O3. The molecule has 0 saturated heterocycles. The lowest BCUT2D eigenvalue weighted by atomic mass is 9.35. The van der Waals surface area contributed by atoms with Crippen LogP contribution in [0.3, 0.4) is 0 Å². The summed E-state index contributed by atoms with van der Waals surface area (Å²) >= 11 is 0. The highest BCUT2D eigenvalue weighted by atomic mass is 16.4. The highest BCUT2D eigenvalue weighted by molar-refractivity contribution is 5.95. The van der Waals surface area contributed by atoms with Gasteiger partial charge >= 0.3 is 5.97 Å². The minimum Gasteiger partial charge on any atom is -0.481 e. The third kappa shape index (κ3) is 0.554. The summed E-state index contributed by atoms with van der Waals surface area (Å²) in [5, 5.41) is 20.1. The van der Waals surface area contributed by atoms with Crippen molar-refractivity contribution >= 4 is 11.8 Å². The van der Waals surface area contributed by atoms with Crippen LogP contribution in [-0.2, 0) is 4.79 Å². The van der Waals surface area contributed by atoms with Gasteiger partial charge in [0.25, 0.3) is 0 Å². The van der Waals surface area contributed by atoms with Crippen molar-refractivity contribution < 1.29 is 15.1 Å². The lowest BCUT2D eigenvalue weighted by Gasteiger charge is -2.67. The van der Waals surface area contributed by atoms with Crippen molar-refractivity contribution in [3.05, 3.63) is 0 Å². The van der Waals surface area contributed by atoms with Gasteiger partial charge in [0.05, 0.1) is 5.41 Å². The Balaban J connectivity index is 2.09. The summed E-state index contributed by atoms with van der Waals surface area (Å²) in [7, 11) is 0. The molecule has 3 rings (SSSR count). The lowest BCUT2D eigenvalue weighted by molar-refractivity contribution is -0.199. The molecule has 2 bridgehead atoms. The molecule has 0 aromatic carbocycles. The highest BCUT2D eigenvalue weighted by Gasteiger charge is 2.74. The number of carboxylic acid groups (broad SMARTS) is 1. The summed E-state index contributed by atoms with van der Waals surface area (Å²) < 4.78 is 0. The predicted molar refractivity (Wildman–Crippen MR) is 39.8 cm³/mol. The number of aliphatic carboxylic acids is 1. The van der Waals surface area contributed by atoms with Crippen LogP contribution in [0.4, 0.5) is 0 Å². The Kier molecular flexibility index (Phi) is 1.07. The molecule has 5 heteroatoms. The molecular weight excluding hydrogens is 160 g/mol. The fraction of sp³-hybridized carbons (Fsp3) is 0.714. The van der Waals surface area contributed by atoms with E-state index in [1.165, 1.54) is 0 Å². The van der Waals surface area contributed by atoms with E-state index in [-0.39, 0.29) is 11.3 Å². The van der Waals surface area contributed by atoms with E-state index < -0.39 is 11.4 Å². The molecule has 0 atom stereocenters. The van der Waals surface area contributed by atoms with E-state index >= 15 is 0 Å². The van der Waals surface area contributed by atoms with Crippen LogP contribution in [0.5, 0.6) is 0 Å². The average Bonchev–Trinajstić information content (AvgIpc) is 1.80. The van der Waals surface area contributed by atoms with Crippen LogP contribution in [-0.4, -0.2) is 22.1 Å². The van der Waals surface area contributed by atoms with Gasteiger partial charge in [0.2, 0.25) is 0 Å². The molecule has 3 saturated carbocycles. The molecule has 4 N–H and O–H groups in total. The zero-order valence-corrected chi connectivity index (χ0v) is 6.45. The summed E-state index contributed by atoms with van der Waals surface area (Å²) in [6.07, 6.45) is 1.60. The van der Waals surface area contributed by atoms with Gasteiger partial charge in [0, 0.05) is 5.41 Å². The monoisotopic (exact) mass is 170 g/mol.